The lowest BCUT2D eigenvalue weighted by molar-refractivity contribution is 0.235. The van der Waals surface area contributed by atoms with E-state index < -0.39 is 5.41 Å². The number of nitrogens with one attached hydrogen (secondary N) is 2. The van der Waals surface area contributed by atoms with Crippen molar-refractivity contribution in [2.75, 3.05) is 20.8 Å². The Labute approximate surface area is 159 Å². The predicted molar refractivity (Wildman–Crippen MR) is 104 cm³/mol. The van der Waals surface area contributed by atoms with Gasteiger partial charge in [0.15, 0.2) is 11.5 Å². The first kappa shape index (κ1) is 20.6. The molecule has 0 aliphatic rings. The van der Waals surface area contributed by atoms with Crippen LogP contribution in [0.4, 0.5) is 9.18 Å². The molecule has 0 saturated heterocycles. The van der Waals surface area contributed by atoms with Crippen LogP contribution in [0.2, 0.25) is 0 Å². The van der Waals surface area contributed by atoms with Gasteiger partial charge in [0.25, 0.3) is 0 Å². The number of urea groups is 1. The summed E-state index contributed by atoms with van der Waals surface area (Å²) in [5.41, 5.74) is 0.921. The lowest BCUT2D eigenvalue weighted by atomic mass is 9.84. The second kappa shape index (κ2) is 8.75. The van der Waals surface area contributed by atoms with Crippen LogP contribution in [-0.2, 0) is 5.41 Å². The van der Waals surface area contributed by atoms with Crippen molar-refractivity contribution in [3.8, 4) is 11.5 Å². The molecule has 0 radical (unpaired) electrons. The molecule has 6 heteroatoms. The second-order valence-electron chi connectivity index (χ2n) is 7.03. The van der Waals surface area contributed by atoms with E-state index in [2.05, 4.69) is 10.6 Å². The molecule has 0 aromatic heterocycles. The third kappa shape index (κ3) is 5.12. The Hall–Kier alpha value is -2.76. The molecule has 2 rings (SSSR count). The van der Waals surface area contributed by atoms with Crippen molar-refractivity contribution < 1.29 is 18.7 Å². The molecular weight excluding hydrogens is 347 g/mol. The molecule has 0 aliphatic heterocycles. The third-order valence-electron chi connectivity index (χ3n) is 4.55. The summed E-state index contributed by atoms with van der Waals surface area (Å²) in [4.78, 5) is 12.3. The van der Waals surface area contributed by atoms with E-state index in [4.69, 9.17) is 9.47 Å². The van der Waals surface area contributed by atoms with Crippen LogP contribution in [0.25, 0.3) is 0 Å². The first-order valence-electron chi connectivity index (χ1n) is 8.80. The topological polar surface area (TPSA) is 59.6 Å². The molecule has 2 amide bonds. The molecule has 0 saturated carbocycles. The normalized spacial score (nSPS) is 12.2. The molecule has 2 aromatic carbocycles. The Bertz CT molecular complexity index is 793. The number of hydrogen-bond acceptors (Lipinski definition) is 3. The van der Waals surface area contributed by atoms with Gasteiger partial charge in [-0.3, -0.25) is 0 Å². The minimum absolute atomic E-state index is 0.235. The van der Waals surface area contributed by atoms with Gasteiger partial charge in [0.2, 0.25) is 0 Å². The molecule has 5 nitrogen and oxygen atoms in total. The monoisotopic (exact) mass is 374 g/mol. The maximum atomic E-state index is 14.0. The van der Waals surface area contributed by atoms with Crippen molar-refractivity contribution in [1.82, 2.24) is 10.6 Å². The minimum Gasteiger partial charge on any atom is -0.493 e. The highest BCUT2D eigenvalue weighted by atomic mass is 19.1. The van der Waals surface area contributed by atoms with Crippen molar-refractivity contribution in [2.24, 2.45) is 0 Å². The average Bonchev–Trinajstić information content (AvgIpc) is 2.66. The molecule has 27 heavy (non-hydrogen) atoms. The summed E-state index contributed by atoms with van der Waals surface area (Å²) in [5, 5.41) is 5.71. The average molecular weight is 374 g/mol. The molecule has 2 N–H and O–H groups in total. The lowest BCUT2D eigenvalue weighted by Gasteiger charge is -2.26. The fraction of sp³-hybridized carbons (Fsp3) is 0.381. The van der Waals surface area contributed by atoms with Gasteiger partial charge < -0.3 is 20.1 Å². The number of carbonyl (C=O) groups is 1. The summed E-state index contributed by atoms with van der Waals surface area (Å²) >= 11 is 0. The van der Waals surface area contributed by atoms with E-state index in [1.165, 1.54) is 6.07 Å². The number of methoxy groups -OCH3 is 2. The zero-order chi connectivity index (χ0) is 20.0. The van der Waals surface area contributed by atoms with Crippen LogP contribution >= 0.6 is 0 Å². The first-order chi connectivity index (χ1) is 12.8. The number of carbonyl (C=O) groups excluding carboxylic acids is 1. The molecule has 0 heterocycles. The Balaban J connectivity index is 1.98. The molecule has 0 aliphatic carbocycles. The van der Waals surface area contributed by atoms with E-state index in [1.54, 1.807) is 38.5 Å². The molecular formula is C21H27FN2O3. The van der Waals surface area contributed by atoms with E-state index >= 15 is 0 Å². The molecule has 1 atom stereocenters. The molecule has 2 aromatic rings. The first-order valence-corrected chi connectivity index (χ1v) is 8.80. The summed E-state index contributed by atoms with van der Waals surface area (Å²) in [7, 11) is 3.14. The Morgan fingerprint density at radius 1 is 1.11 bits per heavy atom. The summed E-state index contributed by atoms with van der Waals surface area (Å²) < 4.78 is 24.5. The van der Waals surface area contributed by atoms with Crippen molar-refractivity contribution in [3.63, 3.8) is 0 Å². The summed E-state index contributed by atoms with van der Waals surface area (Å²) in [6.07, 6.45) is 0. The number of rotatable bonds is 7. The van der Waals surface area contributed by atoms with Gasteiger partial charge in [-0.1, -0.05) is 38.1 Å². The molecule has 0 fully saturated rings. The van der Waals surface area contributed by atoms with E-state index in [1.807, 2.05) is 32.9 Å². The maximum Gasteiger partial charge on any atom is 0.315 e. The van der Waals surface area contributed by atoms with Gasteiger partial charge in [0, 0.05) is 12.0 Å². The maximum absolute atomic E-state index is 14.0. The minimum atomic E-state index is -0.532. The van der Waals surface area contributed by atoms with Crippen molar-refractivity contribution >= 4 is 6.03 Å². The van der Waals surface area contributed by atoms with E-state index in [0.717, 1.165) is 5.56 Å². The highest BCUT2D eigenvalue weighted by Gasteiger charge is 2.24. The quantitative estimate of drug-likeness (QED) is 0.764. The van der Waals surface area contributed by atoms with Crippen LogP contribution in [-0.4, -0.2) is 26.8 Å². The largest absolute Gasteiger partial charge is 0.493 e. The fourth-order valence-electron chi connectivity index (χ4n) is 2.86. The fourth-order valence-corrected chi connectivity index (χ4v) is 2.86. The van der Waals surface area contributed by atoms with Crippen molar-refractivity contribution in [1.29, 1.82) is 0 Å². The summed E-state index contributed by atoms with van der Waals surface area (Å²) in [6, 6.07) is 11.5. The van der Waals surface area contributed by atoms with E-state index in [0.29, 0.717) is 23.6 Å². The van der Waals surface area contributed by atoms with Gasteiger partial charge in [-0.25, -0.2) is 9.18 Å². The standard InChI is InChI=1S/C21H27FN2O3/c1-14(15-10-11-18(26-4)19(12-15)27-5)24-20(25)23-13-21(2,3)16-8-6-7-9-17(16)22/h6-12,14H,13H2,1-5H3,(H2,23,24,25). The van der Waals surface area contributed by atoms with Crippen LogP contribution in [0.3, 0.4) is 0 Å². The third-order valence-corrected chi connectivity index (χ3v) is 4.55. The van der Waals surface area contributed by atoms with Crippen molar-refractivity contribution in [2.45, 2.75) is 32.2 Å². The molecule has 0 spiro atoms. The second-order valence-corrected chi connectivity index (χ2v) is 7.03. The zero-order valence-electron chi connectivity index (χ0n) is 16.4. The molecule has 1 unspecified atom stereocenters. The van der Waals surface area contributed by atoms with Crippen molar-refractivity contribution in [3.05, 3.63) is 59.4 Å². The van der Waals surface area contributed by atoms with E-state index in [-0.39, 0.29) is 17.9 Å². The van der Waals surface area contributed by atoms with E-state index in [9.17, 15) is 9.18 Å². The number of halogens is 1. The Morgan fingerprint density at radius 3 is 2.41 bits per heavy atom. The van der Waals surface area contributed by atoms with Crippen LogP contribution in [0.5, 0.6) is 11.5 Å². The number of ether oxygens (including phenoxy) is 2. The summed E-state index contributed by atoms with van der Waals surface area (Å²) in [5.74, 6) is 0.956. The summed E-state index contributed by atoms with van der Waals surface area (Å²) in [6.45, 7) is 5.97. The number of amides is 2. The molecule has 146 valence electrons. The Kier molecular flexibility index (Phi) is 6.66. The lowest BCUT2D eigenvalue weighted by Crippen LogP contribution is -2.43. The van der Waals surface area contributed by atoms with Gasteiger partial charge >= 0.3 is 6.03 Å². The Morgan fingerprint density at radius 2 is 1.78 bits per heavy atom. The SMILES string of the molecule is COc1ccc(C(C)NC(=O)NCC(C)(C)c2ccccc2F)cc1OC. The molecule has 0 bridgehead atoms. The van der Waals surface area contributed by atoms with Crippen LogP contribution in [0.1, 0.15) is 37.9 Å². The zero-order valence-corrected chi connectivity index (χ0v) is 16.4. The number of benzene rings is 2. The van der Waals surface area contributed by atoms with Crippen LogP contribution < -0.4 is 20.1 Å². The van der Waals surface area contributed by atoms with Crippen LogP contribution in [0.15, 0.2) is 42.5 Å². The smallest absolute Gasteiger partial charge is 0.315 e. The van der Waals surface area contributed by atoms with Crippen LogP contribution in [0, 0.1) is 5.82 Å². The van der Waals surface area contributed by atoms with Gasteiger partial charge in [-0.2, -0.15) is 0 Å². The van der Waals surface area contributed by atoms with Gasteiger partial charge in [-0.15, -0.1) is 0 Å². The van der Waals surface area contributed by atoms with Gasteiger partial charge in [0.1, 0.15) is 5.82 Å². The number of hydrogen-bond donors (Lipinski definition) is 2. The van der Waals surface area contributed by atoms with Gasteiger partial charge in [-0.05, 0) is 36.2 Å². The predicted octanol–water partition coefficient (Wildman–Crippen LogP) is 4.18. The highest BCUT2D eigenvalue weighted by molar-refractivity contribution is 5.74. The van der Waals surface area contributed by atoms with Gasteiger partial charge in [0.05, 0.1) is 20.3 Å². The highest BCUT2D eigenvalue weighted by Crippen LogP contribution is 2.30.